The topological polar surface area (TPSA) is 53.6 Å². The lowest BCUT2D eigenvalue weighted by atomic mass is 10.1. The van der Waals surface area contributed by atoms with Crippen LogP contribution in [0, 0.1) is 0 Å². The number of benzene rings is 1. The molecule has 1 fully saturated rings. The van der Waals surface area contributed by atoms with Crippen LogP contribution in [0.15, 0.2) is 24.3 Å². The highest BCUT2D eigenvalue weighted by Gasteiger charge is 2.21. The number of carbonyl (C=O) groups is 1. The molecule has 0 radical (unpaired) electrons. The summed E-state index contributed by atoms with van der Waals surface area (Å²) in [6, 6.07) is 5.70. The fourth-order valence-corrected chi connectivity index (χ4v) is 2.60. The fourth-order valence-electron chi connectivity index (χ4n) is 2.37. The van der Waals surface area contributed by atoms with Crippen molar-refractivity contribution < 1.29 is 9.53 Å². The predicted octanol–water partition coefficient (Wildman–Crippen LogP) is 1.91. The van der Waals surface area contributed by atoms with Gasteiger partial charge < -0.3 is 20.3 Å². The van der Waals surface area contributed by atoms with Gasteiger partial charge in [0.15, 0.2) is 0 Å². The predicted molar refractivity (Wildman–Crippen MR) is 95.0 cm³/mol. The molecule has 5 nitrogen and oxygen atoms in total. The third kappa shape index (κ3) is 5.23. The summed E-state index contributed by atoms with van der Waals surface area (Å²) < 4.78 is 5.63. The van der Waals surface area contributed by atoms with Gasteiger partial charge in [0.05, 0.1) is 18.8 Å². The van der Waals surface area contributed by atoms with Crippen molar-refractivity contribution in [2.75, 3.05) is 38.7 Å². The summed E-state index contributed by atoms with van der Waals surface area (Å²) in [5, 5.41) is 6.80. The third-order valence-electron chi connectivity index (χ3n) is 3.80. The first-order valence-electron chi connectivity index (χ1n) is 7.75. The van der Waals surface area contributed by atoms with E-state index in [0.717, 1.165) is 24.3 Å². The molecule has 0 aromatic heterocycles. The number of amides is 1. The van der Waals surface area contributed by atoms with E-state index in [1.807, 2.05) is 44.1 Å². The second-order valence-electron chi connectivity index (χ2n) is 5.84. The van der Waals surface area contributed by atoms with Crippen LogP contribution in [-0.2, 0) is 9.53 Å². The van der Waals surface area contributed by atoms with E-state index >= 15 is 0 Å². The Balaban J connectivity index is 1.92. The molecular weight excluding hydrogens is 314 g/mol. The summed E-state index contributed by atoms with van der Waals surface area (Å²) in [4.78, 5) is 14.0. The maximum atomic E-state index is 12.0. The molecule has 0 aliphatic carbocycles. The fraction of sp³-hybridized carbons (Fsp3) is 0.471. The largest absolute Gasteiger partial charge is 0.378 e. The molecule has 0 bridgehead atoms. The molecule has 2 atom stereocenters. The highest BCUT2D eigenvalue weighted by atomic mass is 35.5. The van der Waals surface area contributed by atoms with Crippen molar-refractivity contribution in [3.05, 3.63) is 34.9 Å². The van der Waals surface area contributed by atoms with Crippen LogP contribution in [-0.4, -0.2) is 51.8 Å². The van der Waals surface area contributed by atoms with Crippen molar-refractivity contribution in [3.63, 3.8) is 0 Å². The number of halogens is 1. The van der Waals surface area contributed by atoms with Crippen molar-refractivity contribution in [1.29, 1.82) is 0 Å². The van der Waals surface area contributed by atoms with Crippen molar-refractivity contribution >= 4 is 29.3 Å². The minimum Gasteiger partial charge on any atom is -0.378 e. The Labute approximate surface area is 142 Å². The van der Waals surface area contributed by atoms with Crippen LogP contribution in [0.5, 0.6) is 0 Å². The highest BCUT2D eigenvalue weighted by Crippen LogP contribution is 2.23. The summed E-state index contributed by atoms with van der Waals surface area (Å²) in [6.45, 7) is 4.23. The van der Waals surface area contributed by atoms with Crippen LogP contribution in [0.2, 0.25) is 5.02 Å². The first-order valence-corrected chi connectivity index (χ1v) is 8.13. The van der Waals surface area contributed by atoms with E-state index in [1.165, 1.54) is 6.08 Å². The minimum absolute atomic E-state index is 0.00376. The van der Waals surface area contributed by atoms with E-state index < -0.39 is 0 Å². The Hall–Kier alpha value is -1.56. The molecule has 126 valence electrons. The molecule has 1 aliphatic rings. The lowest BCUT2D eigenvalue weighted by Crippen LogP contribution is -2.50. The van der Waals surface area contributed by atoms with Gasteiger partial charge in [-0.25, -0.2) is 0 Å². The normalized spacial score (nSPS) is 19.6. The summed E-state index contributed by atoms with van der Waals surface area (Å²) in [7, 11) is 3.91. The molecule has 2 rings (SSSR count). The van der Waals surface area contributed by atoms with Gasteiger partial charge in [0.2, 0.25) is 5.91 Å². The first-order chi connectivity index (χ1) is 11.0. The van der Waals surface area contributed by atoms with Gasteiger partial charge in [-0.15, -0.1) is 0 Å². The number of nitrogens with one attached hydrogen (secondary N) is 2. The number of morpholine rings is 1. The average molecular weight is 338 g/mol. The molecule has 0 spiro atoms. The number of nitrogens with zero attached hydrogens (tertiary/aromatic N) is 1. The molecule has 0 saturated carbocycles. The highest BCUT2D eigenvalue weighted by molar-refractivity contribution is 6.32. The van der Waals surface area contributed by atoms with Crippen LogP contribution in [0.25, 0.3) is 6.08 Å². The third-order valence-corrected chi connectivity index (χ3v) is 4.13. The number of hydrogen-bond acceptors (Lipinski definition) is 4. The molecule has 2 unspecified atom stereocenters. The Morgan fingerprint density at radius 3 is 2.91 bits per heavy atom. The summed E-state index contributed by atoms with van der Waals surface area (Å²) >= 11 is 6.25. The maximum Gasteiger partial charge on any atom is 0.244 e. The second-order valence-corrected chi connectivity index (χ2v) is 6.25. The van der Waals surface area contributed by atoms with E-state index in [2.05, 4.69) is 10.6 Å². The Morgan fingerprint density at radius 1 is 1.52 bits per heavy atom. The lowest BCUT2D eigenvalue weighted by Gasteiger charge is -2.28. The van der Waals surface area contributed by atoms with E-state index in [4.69, 9.17) is 16.3 Å². The van der Waals surface area contributed by atoms with Gasteiger partial charge in [-0.2, -0.15) is 0 Å². The molecule has 1 aliphatic heterocycles. The lowest BCUT2D eigenvalue weighted by molar-refractivity contribution is -0.118. The number of hydrogen-bond donors (Lipinski definition) is 2. The Morgan fingerprint density at radius 2 is 2.30 bits per heavy atom. The van der Waals surface area contributed by atoms with Crippen molar-refractivity contribution in [2.45, 2.75) is 19.1 Å². The van der Waals surface area contributed by atoms with Gasteiger partial charge >= 0.3 is 0 Å². The summed E-state index contributed by atoms with van der Waals surface area (Å²) in [5.74, 6) is -0.153. The van der Waals surface area contributed by atoms with Gasteiger partial charge in [0, 0.05) is 44.0 Å². The zero-order chi connectivity index (χ0) is 16.8. The molecule has 1 aromatic rings. The first kappa shape index (κ1) is 17.8. The quantitative estimate of drug-likeness (QED) is 0.806. The van der Waals surface area contributed by atoms with Crippen molar-refractivity contribution in [3.8, 4) is 0 Å². The van der Waals surface area contributed by atoms with Gasteiger partial charge in [-0.3, -0.25) is 4.79 Å². The van der Waals surface area contributed by atoms with Gasteiger partial charge in [-0.05, 0) is 30.7 Å². The molecular formula is C17H24ClN3O2. The van der Waals surface area contributed by atoms with Crippen LogP contribution >= 0.6 is 11.6 Å². The van der Waals surface area contributed by atoms with E-state index in [9.17, 15) is 4.79 Å². The average Bonchev–Trinajstić information content (AvgIpc) is 2.54. The molecule has 23 heavy (non-hydrogen) atoms. The minimum atomic E-state index is -0.153. The number of carbonyl (C=O) groups excluding carboxylic acids is 1. The zero-order valence-electron chi connectivity index (χ0n) is 13.8. The SMILES string of the molecule is CC(NC(=O)/C=C/c1ccc(N(C)C)cc1Cl)C1CNCCO1. The van der Waals surface area contributed by atoms with E-state index in [0.29, 0.717) is 11.6 Å². The zero-order valence-corrected chi connectivity index (χ0v) is 14.6. The standard InChI is InChI=1S/C17H24ClN3O2/c1-12(16-11-19-8-9-23-16)20-17(22)7-5-13-4-6-14(21(2)3)10-15(13)18/h4-7,10,12,16,19H,8-9,11H2,1-3H3,(H,20,22)/b7-5+. The maximum absolute atomic E-state index is 12.0. The van der Waals surface area contributed by atoms with Crippen LogP contribution in [0.3, 0.4) is 0 Å². The second kappa shape index (κ2) is 8.34. The molecule has 6 heteroatoms. The van der Waals surface area contributed by atoms with Gasteiger partial charge in [-0.1, -0.05) is 17.7 Å². The Kier molecular flexibility index (Phi) is 6.45. The monoisotopic (exact) mass is 337 g/mol. The van der Waals surface area contributed by atoms with Crippen LogP contribution in [0.4, 0.5) is 5.69 Å². The smallest absolute Gasteiger partial charge is 0.244 e. The molecule has 2 N–H and O–H groups in total. The van der Waals surface area contributed by atoms with Crippen molar-refractivity contribution in [1.82, 2.24) is 10.6 Å². The summed E-state index contributed by atoms with van der Waals surface area (Å²) in [6.07, 6.45) is 3.23. The van der Waals surface area contributed by atoms with Crippen molar-refractivity contribution in [2.24, 2.45) is 0 Å². The number of ether oxygens (including phenoxy) is 1. The van der Waals surface area contributed by atoms with Gasteiger partial charge in [0.25, 0.3) is 0 Å². The number of anilines is 1. The van der Waals surface area contributed by atoms with Gasteiger partial charge in [0.1, 0.15) is 0 Å². The van der Waals surface area contributed by atoms with Crippen LogP contribution < -0.4 is 15.5 Å². The van der Waals surface area contributed by atoms with Crippen LogP contribution in [0.1, 0.15) is 12.5 Å². The Bertz CT molecular complexity index is 569. The molecule has 1 aromatic carbocycles. The number of rotatable bonds is 5. The molecule has 1 saturated heterocycles. The molecule has 1 heterocycles. The van der Waals surface area contributed by atoms with E-state index in [1.54, 1.807) is 6.08 Å². The van der Waals surface area contributed by atoms with E-state index in [-0.39, 0.29) is 18.1 Å². The summed E-state index contributed by atoms with van der Waals surface area (Å²) in [5.41, 5.74) is 1.84. The molecule has 1 amide bonds.